The average Bonchev–Trinajstić information content (AvgIpc) is 2.37. The maximum Gasteiger partial charge on any atom is 0.129 e. The van der Waals surface area contributed by atoms with Gasteiger partial charge in [0, 0.05) is 18.3 Å². The third-order valence-corrected chi connectivity index (χ3v) is 3.14. The largest absolute Gasteiger partial charge is 0.370 e. The van der Waals surface area contributed by atoms with Crippen LogP contribution in [0.1, 0.15) is 64.0 Å². The Kier molecular flexibility index (Phi) is 8.19. The van der Waals surface area contributed by atoms with Crippen molar-refractivity contribution in [3.63, 3.8) is 0 Å². The Labute approximate surface area is 111 Å². The van der Waals surface area contributed by atoms with Gasteiger partial charge in [0.05, 0.1) is 0 Å². The predicted molar refractivity (Wildman–Crippen MR) is 77.9 cm³/mol. The number of nitrogens with one attached hydrogen (secondary N) is 1. The molecule has 0 saturated heterocycles. The van der Waals surface area contributed by atoms with E-state index in [-0.39, 0.29) is 0 Å². The highest BCUT2D eigenvalue weighted by molar-refractivity contribution is 5.33. The molecule has 0 bridgehead atoms. The number of hydrogen-bond acceptors (Lipinski definition) is 3. The number of unbranched alkanes of at least 4 members (excludes halogenated alkanes) is 7. The summed E-state index contributed by atoms with van der Waals surface area (Å²) in [4.78, 5) is 8.27. The van der Waals surface area contributed by atoms with Gasteiger partial charge in [0.1, 0.15) is 12.1 Å². The highest BCUT2D eigenvalue weighted by atomic mass is 15.0. The zero-order valence-electron chi connectivity index (χ0n) is 11.9. The van der Waals surface area contributed by atoms with Gasteiger partial charge in [-0.2, -0.15) is 0 Å². The lowest BCUT2D eigenvalue weighted by atomic mass is 10.1. The van der Waals surface area contributed by atoms with E-state index in [1.165, 1.54) is 51.4 Å². The summed E-state index contributed by atoms with van der Waals surface area (Å²) in [5, 5.41) is 3.35. The quantitative estimate of drug-likeness (QED) is 0.627. The van der Waals surface area contributed by atoms with Crippen molar-refractivity contribution in [3.8, 4) is 0 Å². The average molecular weight is 249 g/mol. The van der Waals surface area contributed by atoms with Gasteiger partial charge in [-0.05, 0) is 13.3 Å². The molecule has 0 spiro atoms. The minimum Gasteiger partial charge on any atom is -0.370 e. The fourth-order valence-electron chi connectivity index (χ4n) is 2.03. The molecule has 1 aromatic rings. The molecule has 0 aromatic carbocycles. The van der Waals surface area contributed by atoms with E-state index in [1.807, 2.05) is 13.0 Å². The molecule has 3 heteroatoms. The molecule has 0 saturated carbocycles. The normalized spacial score (nSPS) is 10.6. The lowest BCUT2D eigenvalue weighted by Gasteiger charge is -2.05. The summed E-state index contributed by atoms with van der Waals surface area (Å²) < 4.78 is 0. The summed E-state index contributed by atoms with van der Waals surface area (Å²) in [6, 6.07) is 1.99. The molecule has 1 rings (SSSR count). The second-order valence-electron chi connectivity index (χ2n) is 4.95. The molecule has 1 aromatic heterocycles. The summed E-state index contributed by atoms with van der Waals surface area (Å²) in [5.74, 6) is 0.949. The van der Waals surface area contributed by atoms with Crippen molar-refractivity contribution in [3.05, 3.63) is 18.1 Å². The Morgan fingerprint density at radius 1 is 0.944 bits per heavy atom. The smallest absolute Gasteiger partial charge is 0.129 e. The van der Waals surface area contributed by atoms with Crippen LogP contribution in [0.5, 0.6) is 0 Å². The van der Waals surface area contributed by atoms with Crippen molar-refractivity contribution < 1.29 is 0 Å². The first-order valence-corrected chi connectivity index (χ1v) is 7.35. The number of rotatable bonds is 10. The van der Waals surface area contributed by atoms with Gasteiger partial charge < -0.3 is 5.32 Å². The van der Waals surface area contributed by atoms with Gasteiger partial charge in [-0.25, -0.2) is 9.97 Å². The number of anilines is 1. The van der Waals surface area contributed by atoms with Gasteiger partial charge >= 0.3 is 0 Å². The van der Waals surface area contributed by atoms with Crippen LogP contribution in [0.3, 0.4) is 0 Å². The van der Waals surface area contributed by atoms with Gasteiger partial charge in [0.25, 0.3) is 0 Å². The molecule has 18 heavy (non-hydrogen) atoms. The Morgan fingerprint density at radius 2 is 1.61 bits per heavy atom. The lowest BCUT2D eigenvalue weighted by Crippen LogP contribution is -2.03. The van der Waals surface area contributed by atoms with Crippen LogP contribution in [0.15, 0.2) is 12.4 Å². The standard InChI is InChI=1S/C15H27N3/c1-3-4-5-6-7-8-9-10-11-16-15-12-14(2)17-13-18-15/h12-13H,3-11H2,1-2H3,(H,16,17,18). The molecule has 1 heterocycles. The summed E-state index contributed by atoms with van der Waals surface area (Å²) in [6.07, 6.45) is 12.5. The van der Waals surface area contributed by atoms with E-state index in [0.29, 0.717) is 0 Å². The van der Waals surface area contributed by atoms with Crippen molar-refractivity contribution >= 4 is 5.82 Å². The van der Waals surface area contributed by atoms with E-state index in [2.05, 4.69) is 22.2 Å². The van der Waals surface area contributed by atoms with Gasteiger partial charge in [-0.3, -0.25) is 0 Å². The molecule has 0 atom stereocenters. The van der Waals surface area contributed by atoms with Crippen LogP contribution in [0.2, 0.25) is 0 Å². The summed E-state index contributed by atoms with van der Waals surface area (Å²) >= 11 is 0. The second-order valence-corrected chi connectivity index (χ2v) is 4.95. The highest BCUT2D eigenvalue weighted by Gasteiger charge is 1.95. The zero-order valence-corrected chi connectivity index (χ0v) is 11.9. The fourth-order valence-corrected chi connectivity index (χ4v) is 2.03. The first-order valence-electron chi connectivity index (χ1n) is 7.35. The van der Waals surface area contributed by atoms with Crippen LogP contribution in [-0.2, 0) is 0 Å². The van der Waals surface area contributed by atoms with Crippen molar-refractivity contribution in [2.75, 3.05) is 11.9 Å². The molecular weight excluding hydrogens is 222 g/mol. The third-order valence-electron chi connectivity index (χ3n) is 3.14. The van der Waals surface area contributed by atoms with Crippen LogP contribution in [0.4, 0.5) is 5.82 Å². The molecule has 3 nitrogen and oxygen atoms in total. The minimum absolute atomic E-state index is 0.949. The van der Waals surface area contributed by atoms with Crippen molar-refractivity contribution in [1.29, 1.82) is 0 Å². The molecule has 0 aliphatic carbocycles. The van der Waals surface area contributed by atoms with Crippen LogP contribution < -0.4 is 5.32 Å². The molecule has 1 N–H and O–H groups in total. The summed E-state index contributed by atoms with van der Waals surface area (Å²) in [5.41, 5.74) is 1.02. The molecule has 0 aliphatic heterocycles. The Balaban J connectivity index is 1.92. The molecule has 0 aliphatic rings. The number of nitrogens with zero attached hydrogens (tertiary/aromatic N) is 2. The number of aromatic nitrogens is 2. The zero-order chi connectivity index (χ0) is 13.1. The van der Waals surface area contributed by atoms with E-state index in [1.54, 1.807) is 6.33 Å². The van der Waals surface area contributed by atoms with Crippen molar-refractivity contribution in [1.82, 2.24) is 9.97 Å². The van der Waals surface area contributed by atoms with E-state index in [4.69, 9.17) is 0 Å². The van der Waals surface area contributed by atoms with E-state index in [0.717, 1.165) is 18.1 Å². The predicted octanol–water partition coefficient (Wildman–Crippen LogP) is 4.34. The molecule has 0 unspecified atom stereocenters. The SMILES string of the molecule is CCCCCCCCCCNc1cc(C)ncn1. The first kappa shape index (κ1) is 14.9. The van der Waals surface area contributed by atoms with E-state index in [9.17, 15) is 0 Å². The van der Waals surface area contributed by atoms with Crippen molar-refractivity contribution in [2.24, 2.45) is 0 Å². The molecule has 102 valence electrons. The molecule has 0 radical (unpaired) electrons. The Morgan fingerprint density at radius 3 is 2.28 bits per heavy atom. The first-order chi connectivity index (χ1) is 8.83. The maximum atomic E-state index is 4.19. The number of hydrogen-bond donors (Lipinski definition) is 1. The molecule has 0 amide bonds. The fraction of sp³-hybridized carbons (Fsp3) is 0.733. The van der Waals surface area contributed by atoms with Crippen LogP contribution in [-0.4, -0.2) is 16.5 Å². The van der Waals surface area contributed by atoms with Crippen LogP contribution in [0, 0.1) is 6.92 Å². The minimum atomic E-state index is 0.949. The van der Waals surface area contributed by atoms with E-state index < -0.39 is 0 Å². The lowest BCUT2D eigenvalue weighted by molar-refractivity contribution is 0.581. The topological polar surface area (TPSA) is 37.8 Å². The Hall–Kier alpha value is -1.12. The van der Waals surface area contributed by atoms with E-state index >= 15 is 0 Å². The van der Waals surface area contributed by atoms with Gasteiger partial charge in [0.2, 0.25) is 0 Å². The summed E-state index contributed by atoms with van der Waals surface area (Å²) in [6.45, 7) is 5.27. The summed E-state index contributed by atoms with van der Waals surface area (Å²) in [7, 11) is 0. The van der Waals surface area contributed by atoms with Crippen LogP contribution >= 0.6 is 0 Å². The highest BCUT2D eigenvalue weighted by Crippen LogP contribution is 2.09. The monoisotopic (exact) mass is 249 g/mol. The Bertz CT molecular complexity index is 312. The molecule has 0 fully saturated rings. The number of aryl methyl sites for hydroxylation is 1. The maximum absolute atomic E-state index is 4.19. The van der Waals surface area contributed by atoms with Crippen LogP contribution in [0.25, 0.3) is 0 Å². The van der Waals surface area contributed by atoms with Gasteiger partial charge in [-0.15, -0.1) is 0 Å². The van der Waals surface area contributed by atoms with Gasteiger partial charge in [-0.1, -0.05) is 51.9 Å². The third kappa shape index (κ3) is 7.25. The van der Waals surface area contributed by atoms with Gasteiger partial charge in [0.15, 0.2) is 0 Å². The molecular formula is C15H27N3. The van der Waals surface area contributed by atoms with Crippen molar-refractivity contribution in [2.45, 2.75) is 65.2 Å². The second kappa shape index (κ2) is 9.86.